The van der Waals surface area contributed by atoms with Gasteiger partial charge in [0.15, 0.2) is 0 Å². The van der Waals surface area contributed by atoms with Crippen molar-refractivity contribution in [3.05, 3.63) is 29.8 Å². The molecule has 1 amide bonds. The zero-order valence-electron chi connectivity index (χ0n) is 15.5. The van der Waals surface area contributed by atoms with Crippen molar-refractivity contribution in [2.75, 3.05) is 6.61 Å². The number of phosphoric ester groups is 1. The zero-order chi connectivity index (χ0) is 21.0. The summed E-state index contributed by atoms with van der Waals surface area (Å²) >= 11 is 0. The van der Waals surface area contributed by atoms with Crippen molar-refractivity contribution < 1.29 is 41.3 Å². The molecule has 1 N–H and O–H groups in total. The second-order valence-corrected chi connectivity index (χ2v) is 7.34. The maximum Gasteiger partial charge on any atom is 0.573 e. The van der Waals surface area contributed by atoms with Gasteiger partial charge in [-0.15, -0.1) is 13.2 Å². The van der Waals surface area contributed by atoms with Crippen LogP contribution in [0.1, 0.15) is 51.0 Å². The number of alkyl halides is 3. The summed E-state index contributed by atoms with van der Waals surface area (Å²) in [5.41, 5.74) is 2.19. The smallest absolute Gasteiger partial charge is 0.573 e. The Hall–Kier alpha value is -1.61. The van der Waals surface area contributed by atoms with Crippen LogP contribution in [0.5, 0.6) is 5.75 Å². The average molecular weight is 426 g/mol. The first-order valence-electron chi connectivity index (χ1n) is 8.89. The quantitative estimate of drug-likeness (QED) is 0.291. The molecule has 0 aromatic heterocycles. The number of hydroxylamine groups is 1. The Labute approximate surface area is 161 Å². The summed E-state index contributed by atoms with van der Waals surface area (Å²) in [6.07, 6.45) is -0.0469. The predicted molar refractivity (Wildman–Crippen MR) is 93.0 cm³/mol. The van der Waals surface area contributed by atoms with Gasteiger partial charge >= 0.3 is 6.36 Å². The lowest BCUT2D eigenvalue weighted by molar-refractivity contribution is -0.274. The van der Waals surface area contributed by atoms with Gasteiger partial charge in [-0.2, -0.15) is 0 Å². The van der Waals surface area contributed by atoms with Crippen molar-refractivity contribution in [1.82, 2.24) is 5.48 Å². The second kappa shape index (κ2) is 12.1. The third kappa shape index (κ3) is 12.0. The largest absolute Gasteiger partial charge is 0.755 e. The lowest BCUT2D eigenvalue weighted by Crippen LogP contribution is -2.25. The highest BCUT2D eigenvalue weighted by atomic mass is 31.2. The molecule has 0 spiro atoms. The lowest BCUT2D eigenvalue weighted by atomic mass is 10.1. The number of ether oxygens (including phenoxy) is 1. The third-order valence-corrected chi connectivity index (χ3v) is 4.36. The van der Waals surface area contributed by atoms with E-state index in [0.717, 1.165) is 37.8 Å². The van der Waals surface area contributed by atoms with E-state index in [-0.39, 0.29) is 19.4 Å². The molecule has 1 rings (SSSR count). The number of unbranched alkanes of at least 4 members (excludes halogenated alkanes) is 4. The third-order valence-electron chi connectivity index (χ3n) is 3.55. The van der Waals surface area contributed by atoms with Crippen molar-refractivity contribution in [3.63, 3.8) is 0 Å². The van der Waals surface area contributed by atoms with Crippen molar-refractivity contribution in [2.24, 2.45) is 0 Å². The summed E-state index contributed by atoms with van der Waals surface area (Å²) in [5.74, 6) is -0.995. The number of benzene rings is 1. The van der Waals surface area contributed by atoms with Gasteiger partial charge in [-0.05, 0) is 30.5 Å². The van der Waals surface area contributed by atoms with Gasteiger partial charge in [0.1, 0.15) is 5.75 Å². The molecule has 1 aromatic carbocycles. The van der Waals surface area contributed by atoms with E-state index in [1.807, 2.05) is 5.48 Å². The fourth-order valence-electron chi connectivity index (χ4n) is 2.25. The number of amides is 1. The van der Waals surface area contributed by atoms with E-state index in [1.165, 1.54) is 12.1 Å². The van der Waals surface area contributed by atoms with Crippen LogP contribution in [-0.2, 0) is 24.9 Å². The van der Waals surface area contributed by atoms with Gasteiger partial charge in [-0.3, -0.25) is 9.36 Å². The number of halogens is 3. The summed E-state index contributed by atoms with van der Waals surface area (Å²) in [7, 11) is -4.77. The van der Waals surface area contributed by atoms with E-state index >= 15 is 0 Å². The van der Waals surface area contributed by atoms with Crippen molar-refractivity contribution in [2.45, 2.75) is 58.2 Å². The van der Waals surface area contributed by atoms with Crippen LogP contribution in [0.15, 0.2) is 24.3 Å². The highest BCUT2D eigenvalue weighted by Gasteiger charge is 2.31. The molecule has 0 aliphatic rings. The van der Waals surface area contributed by atoms with Crippen LogP contribution >= 0.6 is 7.82 Å². The molecule has 0 fully saturated rings. The van der Waals surface area contributed by atoms with Gasteiger partial charge in [0.2, 0.25) is 5.91 Å². The van der Waals surface area contributed by atoms with Crippen LogP contribution in [0.3, 0.4) is 0 Å². The number of rotatable bonds is 13. The molecular weight excluding hydrogens is 402 g/mol. The van der Waals surface area contributed by atoms with Gasteiger partial charge in [0.05, 0.1) is 6.61 Å². The highest BCUT2D eigenvalue weighted by Crippen LogP contribution is 2.37. The molecule has 0 radical (unpaired) electrons. The fraction of sp³-hybridized carbons (Fsp3) is 0.588. The number of phosphoric acid groups is 1. The average Bonchev–Trinajstić information content (AvgIpc) is 2.59. The van der Waals surface area contributed by atoms with Crippen molar-refractivity contribution in [1.29, 1.82) is 0 Å². The number of hydrogen-bond acceptors (Lipinski definition) is 6. The minimum Gasteiger partial charge on any atom is -0.755 e. The molecule has 28 heavy (non-hydrogen) atoms. The monoisotopic (exact) mass is 426 g/mol. The van der Waals surface area contributed by atoms with Gasteiger partial charge < -0.3 is 14.2 Å². The molecule has 0 heterocycles. The Balaban J connectivity index is 2.31. The molecule has 7 nitrogen and oxygen atoms in total. The first-order chi connectivity index (χ1) is 13.1. The molecule has 0 saturated carbocycles. The molecule has 1 atom stereocenters. The van der Waals surface area contributed by atoms with Crippen LogP contribution in [0.4, 0.5) is 13.2 Å². The van der Waals surface area contributed by atoms with Gasteiger partial charge in [0, 0.05) is 6.42 Å². The minimum atomic E-state index is -4.82. The van der Waals surface area contributed by atoms with Crippen LogP contribution in [0.2, 0.25) is 0 Å². The normalized spacial score (nSPS) is 13.8. The summed E-state index contributed by atoms with van der Waals surface area (Å²) in [6, 6.07) is 5.07. The van der Waals surface area contributed by atoms with Crippen molar-refractivity contribution >= 4 is 13.7 Å². The molecule has 160 valence electrons. The number of nitrogens with one attached hydrogen (secondary N) is 1. The highest BCUT2D eigenvalue weighted by molar-refractivity contribution is 7.45. The Kier molecular flexibility index (Phi) is 10.5. The van der Waals surface area contributed by atoms with Crippen LogP contribution < -0.4 is 15.1 Å². The van der Waals surface area contributed by atoms with E-state index in [4.69, 9.17) is 0 Å². The summed E-state index contributed by atoms with van der Waals surface area (Å²) < 4.78 is 60.8. The number of carbonyl (C=O) groups is 1. The van der Waals surface area contributed by atoms with Crippen LogP contribution in [0.25, 0.3) is 0 Å². The Bertz CT molecular complexity index is 656. The maximum atomic E-state index is 12.2. The molecule has 0 saturated heterocycles. The summed E-state index contributed by atoms with van der Waals surface area (Å²) in [4.78, 5) is 23.1. The number of hydrogen-bond donors (Lipinski definition) is 1. The van der Waals surface area contributed by atoms with Crippen LogP contribution in [0, 0.1) is 0 Å². The molecular formula is C17H24F3NO6P-. The Morgan fingerprint density at radius 1 is 1.21 bits per heavy atom. The van der Waals surface area contributed by atoms with E-state index in [1.54, 1.807) is 0 Å². The second-order valence-electron chi connectivity index (χ2n) is 6.01. The lowest BCUT2D eigenvalue weighted by Gasteiger charge is -2.22. The summed E-state index contributed by atoms with van der Waals surface area (Å²) in [5, 5.41) is 0. The molecule has 1 aromatic rings. The Morgan fingerprint density at radius 2 is 1.93 bits per heavy atom. The standard InChI is InChI=1S/C17H25F3NO6P/c1-2-3-4-5-6-10-16(22)21-27-28(23,24)25-12-11-14-8-7-9-15(13-14)26-17(18,19)20/h7-9,13H,2-6,10-12H2,1H3,(H,21,22)(H,23,24)/p-1. The molecule has 0 aliphatic heterocycles. The Morgan fingerprint density at radius 3 is 2.61 bits per heavy atom. The predicted octanol–water partition coefficient (Wildman–Crippen LogP) is 4.02. The van der Waals surface area contributed by atoms with E-state index in [2.05, 4.69) is 20.8 Å². The fourth-order valence-corrected chi connectivity index (χ4v) is 2.83. The summed E-state index contributed by atoms with van der Waals surface area (Å²) in [6.45, 7) is 1.70. The first kappa shape index (κ1) is 24.4. The van der Waals surface area contributed by atoms with Crippen molar-refractivity contribution in [3.8, 4) is 5.75 Å². The topological polar surface area (TPSA) is 96.9 Å². The zero-order valence-corrected chi connectivity index (χ0v) is 16.4. The van der Waals surface area contributed by atoms with E-state index in [0.29, 0.717) is 12.0 Å². The van der Waals surface area contributed by atoms with Gasteiger partial charge in [-0.1, -0.05) is 44.7 Å². The molecule has 1 unspecified atom stereocenters. The SMILES string of the molecule is CCCCCCCC(=O)NOP(=O)([O-])OCCc1cccc(OC(F)(F)F)c1. The van der Waals surface area contributed by atoms with E-state index < -0.39 is 25.8 Å². The minimum absolute atomic E-state index is 0.00395. The van der Waals surface area contributed by atoms with Crippen LogP contribution in [-0.4, -0.2) is 18.9 Å². The first-order valence-corrected chi connectivity index (χ1v) is 10.3. The van der Waals surface area contributed by atoms with Gasteiger partial charge in [0.25, 0.3) is 7.82 Å². The molecule has 0 bridgehead atoms. The maximum absolute atomic E-state index is 12.2. The van der Waals surface area contributed by atoms with E-state index in [9.17, 15) is 27.4 Å². The molecule has 11 heteroatoms. The molecule has 0 aliphatic carbocycles. The van der Waals surface area contributed by atoms with Gasteiger partial charge in [-0.25, -0.2) is 10.1 Å². The number of carbonyl (C=O) groups excluding carboxylic acids is 1.